The first-order valence-corrected chi connectivity index (χ1v) is 6.29. The summed E-state index contributed by atoms with van der Waals surface area (Å²) in [6, 6.07) is 14.0. The average Bonchev–Trinajstić information content (AvgIpc) is 2.93. The fourth-order valence-electron chi connectivity index (χ4n) is 2.12. The molecule has 3 aromatic rings. The van der Waals surface area contributed by atoms with Crippen LogP contribution in [0, 0.1) is 0 Å². The van der Waals surface area contributed by atoms with Crippen molar-refractivity contribution in [2.75, 3.05) is 0 Å². The van der Waals surface area contributed by atoms with Crippen LogP contribution >= 0.6 is 0 Å². The largest absolute Gasteiger partial charge is 0.307 e. The second-order valence-electron chi connectivity index (χ2n) is 4.19. The van der Waals surface area contributed by atoms with Crippen LogP contribution in [0.5, 0.6) is 0 Å². The van der Waals surface area contributed by atoms with Gasteiger partial charge in [0.2, 0.25) is 0 Å². The van der Waals surface area contributed by atoms with Gasteiger partial charge >= 0.3 is 0 Å². The Bertz CT molecular complexity index is 602. The van der Waals surface area contributed by atoms with Crippen molar-refractivity contribution >= 4 is 0 Å². The molecule has 94 valence electrons. The minimum absolute atomic E-state index is 0.828. The Labute approximate surface area is 111 Å². The minimum atomic E-state index is 0.828. The molecule has 0 saturated carbocycles. The van der Waals surface area contributed by atoms with Crippen molar-refractivity contribution in [1.82, 2.24) is 19.7 Å². The van der Waals surface area contributed by atoms with Crippen molar-refractivity contribution in [1.29, 1.82) is 0 Å². The lowest BCUT2D eigenvalue weighted by atomic mass is 10.2. The molecule has 19 heavy (non-hydrogen) atoms. The molecule has 0 aliphatic rings. The van der Waals surface area contributed by atoms with Crippen molar-refractivity contribution in [3.8, 4) is 22.8 Å². The second kappa shape index (κ2) is 5.02. The molecule has 0 amide bonds. The molecule has 0 aliphatic heterocycles. The summed E-state index contributed by atoms with van der Waals surface area (Å²) < 4.78 is 2.12. The van der Waals surface area contributed by atoms with Crippen molar-refractivity contribution in [2.45, 2.75) is 13.5 Å². The van der Waals surface area contributed by atoms with Gasteiger partial charge in [-0.25, -0.2) is 0 Å². The number of hydrogen-bond acceptors (Lipinski definition) is 3. The van der Waals surface area contributed by atoms with E-state index in [2.05, 4.69) is 26.7 Å². The van der Waals surface area contributed by atoms with E-state index in [0.717, 1.165) is 29.3 Å². The Balaban J connectivity index is 2.13. The van der Waals surface area contributed by atoms with Gasteiger partial charge in [0, 0.05) is 30.1 Å². The summed E-state index contributed by atoms with van der Waals surface area (Å²) >= 11 is 0. The molecule has 0 bridgehead atoms. The van der Waals surface area contributed by atoms with Crippen LogP contribution in [0.15, 0.2) is 54.9 Å². The van der Waals surface area contributed by atoms with Gasteiger partial charge in [-0.05, 0) is 19.1 Å². The van der Waals surface area contributed by atoms with Crippen LogP contribution < -0.4 is 0 Å². The first-order valence-electron chi connectivity index (χ1n) is 6.29. The van der Waals surface area contributed by atoms with Crippen LogP contribution in [0.1, 0.15) is 6.92 Å². The number of hydrogen-bond donors (Lipinski definition) is 0. The lowest BCUT2D eigenvalue weighted by molar-refractivity contribution is 0.775. The highest BCUT2D eigenvalue weighted by Gasteiger charge is 2.13. The third kappa shape index (κ3) is 2.12. The maximum Gasteiger partial charge on any atom is 0.164 e. The van der Waals surface area contributed by atoms with Gasteiger partial charge in [-0.3, -0.25) is 4.98 Å². The Morgan fingerprint density at radius 1 is 0.842 bits per heavy atom. The van der Waals surface area contributed by atoms with Crippen LogP contribution in [-0.2, 0) is 6.54 Å². The zero-order valence-electron chi connectivity index (χ0n) is 10.7. The van der Waals surface area contributed by atoms with Gasteiger partial charge in [0.25, 0.3) is 0 Å². The van der Waals surface area contributed by atoms with Crippen LogP contribution in [-0.4, -0.2) is 19.7 Å². The van der Waals surface area contributed by atoms with Gasteiger partial charge < -0.3 is 4.57 Å². The summed E-state index contributed by atoms with van der Waals surface area (Å²) in [4.78, 5) is 4.03. The molecule has 0 radical (unpaired) electrons. The van der Waals surface area contributed by atoms with E-state index in [1.54, 1.807) is 12.4 Å². The maximum absolute atomic E-state index is 4.33. The van der Waals surface area contributed by atoms with E-state index in [0.29, 0.717) is 0 Å². The first-order chi connectivity index (χ1) is 9.40. The van der Waals surface area contributed by atoms with Crippen molar-refractivity contribution in [3.05, 3.63) is 54.9 Å². The highest BCUT2D eigenvalue weighted by Crippen LogP contribution is 2.23. The highest BCUT2D eigenvalue weighted by molar-refractivity contribution is 5.62. The quantitative estimate of drug-likeness (QED) is 0.717. The van der Waals surface area contributed by atoms with Gasteiger partial charge in [-0.15, -0.1) is 10.2 Å². The fraction of sp³-hybridized carbons (Fsp3) is 0.133. The molecule has 0 spiro atoms. The summed E-state index contributed by atoms with van der Waals surface area (Å²) in [6.45, 7) is 2.93. The molecule has 0 unspecified atom stereocenters. The Morgan fingerprint density at radius 3 is 2.00 bits per heavy atom. The van der Waals surface area contributed by atoms with Gasteiger partial charge in [0.1, 0.15) is 0 Å². The average molecular weight is 250 g/mol. The zero-order chi connectivity index (χ0) is 13.1. The summed E-state index contributed by atoms with van der Waals surface area (Å²) in [5.74, 6) is 1.78. The predicted molar refractivity (Wildman–Crippen MR) is 74.4 cm³/mol. The first kappa shape index (κ1) is 11.6. The number of pyridine rings is 1. The molecular weight excluding hydrogens is 236 g/mol. The molecule has 0 aliphatic carbocycles. The van der Waals surface area contributed by atoms with E-state index in [-0.39, 0.29) is 0 Å². The number of benzene rings is 1. The molecule has 1 aromatic carbocycles. The van der Waals surface area contributed by atoms with Crippen LogP contribution in [0.2, 0.25) is 0 Å². The third-order valence-corrected chi connectivity index (χ3v) is 3.04. The SMILES string of the molecule is CCn1c(-c2ccccc2)nnc1-c1ccncc1. The molecule has 0 N–H and O–H groups in total. The van der Waals surface area contributed by atoms with E-state index in [9.17, 15) is 0 Å². The highest BCUT2D eigenvalue weighted by atomic mass is 15.3. The molecule has 0 saturated heterocycles. The molecule has 2 heterocycles. The molecule has 2 aromatic heterocycles. The standard InChI is InChI=1S/C15H14N4/c1-2-19-14(12-6-4-3-5-7-12)17-18-15(19)13-8-10-16-11-9-13/h3-11H,2H2,1H3. The number of aromatic nitrogens is 4. The fourth-order valence-corrected chi connectivity index (χ4v) is 2.12. The lowest BCUT2D eigenvalue weighted by Crippen LogP contribution is -2.00. The smallest absolute Gasteiger partial charge is 0.164 e. The van der Waals surface area contributed by atoms with Crippen molar-refractivity contribution < 1.29 is 0 Å². The number of nitrogens with zero attached hydrogens (tertiary/aromatic N) is 4. The molecule has 4 heteroatoms. The van der Waals surface area contributed by atoms with Gasteiger partial charge in [0.05, 0.1) is 0 Å². The lowest BCUT2D eigenvalue weighted by Gasteiger charge is -2.07. The van der Waals surface area contributed by atoms with Gasteiger partial charge in [-0.1, -0.05) is 30.3 Å². The Hall–Kier alpha value is -2.49. The summed E-state index contributed by atoms with van der Waals surface area (Å²) in [6.07, 6.45) is 3.54. The van der Waals surface area contributed by atoms with Gasteiger partial charge in [0.15, 0.2) is 11.6 Å². The summed E-state index contributed by atoms with van der Waals surface area (Å²) in [5, 5.41) is 8.64. The Morgan fingerprint density at radius 2 is 1.42 bits per heavy atom. The van der Waals surface area contributed by atoms with E-state index in [1.807, 2.05) is 42.5 Å². The van der Waals surface area contributed by atoms with E-state index >= 15 is 0 Å². The second-order valence-corrected chi connectivity index (χ2v) is 4.19. The van der Waals surface area contributed by atoms with Crippen LogP contribution in [0.25, 0.3) is 22.8 Å². The Kier molecular flexibility index (Phi) is 3.06. The molecule has 4 nitrogen and oxygen atoms in total. The number of rotatable bonds is 3. The molecule has 0 atom stereocenters. The van der Waals surface area contributed by atoms with Crippen molar-refractivity contribution in [2.24, 2.45) is 0 Å². The normalized spacial score (nSPS) is 10.6. The topological polar surface area (TPSA) is 43.6 Å². The maximum atomic E-state index is 4.33. The molecular formula is C15H14N4. The summed E-state index contributed by atoms with van der Waals surface area (Å²) in [7, 11) is 0. The summed E-state index contributed by atoms with van der Waals surface area (Å²) in [5.41, 5.74) is 2.11. The van der Waals surface area contributed by atoms with E-state index in [4.69, 9.17) is 0 Å². The minimum Gasteiger partial charge on any atom is -0.307 e. The van der Waals surface area contributed by atoms with Crippen LogP contribution in [0.4, 0.5) is 0 Å². The van der Waals surface area contributed by atoms with Crippen LogP contribution in [0.3, 0.4) is 0 Å². The van der Waals surface area contributed by atoms with Crippen molar-refractivity contribution in [3.63, 3.8) is 0 Å². The monoisotopic (exact) mass is 250 g/mol. The van der Waals surface area contributed by atoms with E-state index in [1.165, 1.54) is 0 Å². The predicted octanol–water partition coefficient (Wildman–Crippen LogP) is 3.03. The zero-order valence-corrected chi connectivity index (χ0v) is 10.7. The van der Waals surface area contributed by atoms with E-state index < -0.39 is 0 Å². The van der Waals surface area contributed by atoms with Gasteiger partial charge in [-0.2, -0.15) is 0 Å². The molecule has 0 fully saturated rings. The third-order valence-electron chi connectivity index (χ3n) is 3.04. The molecule has 3 rings (SSSR count).